The Morgan fingerprint density at radius 3 is 2.37 bits per heavy atom. The molecule has 0 aliphatic carbocycles. The number of nitrogens with one attached hydrogen (secondary N) is 1. The van der Waals surface area contributed by atoms with Gasteiger partial charge in [0.05, 0.1) is 17.9 Å². The van der Waals surface area contributed by atoms with Crippen LogP contribution in [0, 0.1) is 6.92 Å². The third kappa shape index (κ3) is 5.42. The molecule has 0 atom stereocenters. The topological polar surface area (TPSA) is 75.7 Å². The summed E-state index contributed by atoms with van der Waals surface area (Å²) in [6.45, 7) is 4.12. The minimum Gasteiger partial charge on any atom is -0.462 e. The van der Waals surface area contributed by atoms with Crippen molar-refractivity contribution in [1.82, 2.24) is 0 Å². The maximum absolute atomic E-state index is 13.5. The fourth-order valence-corrected chi connectivity index (χ4v) is 4.52. The van der Waals surface area contributed by atoms with Gasteiger partial charge in [0.25, 0.3) is 11.8 Å². The zero-order chi connectivity index (χ0) is 24.9. The number of hydrogen-bond donors (Lipinski definition) is 1. The number of benzene rings is 3. The molecule has 1 aliphatic heterocycles. The molecule has 0 aromatic heterocycles. The molecular weight excluding hydrogens is 484 g/mol. The van der Waals surface area contributed by atoms with Crippen LogP contribution in [0.2, 0.25) is 5.02 Å². The second kappa shape index (κ2) is 10.8. The summed E-state index contributed by atoms with van der Waals surface area (Å²) >= 11 is 7.48. The van der Waals surface area contributed by atoms with E-state index >= 15 is 0 Å². The number of anilines is 2. The number of thioether (sulfide) groups is 1. The van der Waals surface area contributed by atoms with E-state index in [0.717, 1.165) is 21.8 Å². The quantitative estimate of drug-likeness (QED) is 0.289. The van der Waals surface area contributed by atoms with Crippen LogP contribution in [0.5, 0.6) is 0 Å². The van der Waals surface area contributed by atoms with Crippen LogP contribution in [0.25, 0.3) is 0 Å². The Bertz CT molecular complexity index is 1310. The first-order valence-corrected chi connectivity index (χ1v) is 12.2. The van der Waals surface area contributed by atoms with Gasteiger partial charge in [-0.15, -0.1) is 0 Å². The summed E-state index contributed by atoms with van der Waals surface area (Å²) < 4.78 is 5.15. The van der Waals surface area contributed by atoms with Gasteiger partial charge in [-0.1, -0.05) is 54.6 Å². The highest BCUT2D eigenvalue weighted by molar-refractivity contribution is 8.04. The van der Waals surface area contributed by atoms with Crippen LogP contribution < -0.4 is 10.2 Å². The lowest BCUT2D eigenvalue weighted by Gasteiger charge is -2.16. The largest absolute Gasteiger partial charge is 0.462 e. The van der Waals surface area contributed by atoms with Crippen LogP contribution in [0.15, 0.2) is 88.3 Å². The van der Waals surface area contributed by atoms with Crippen LogP contribution in [0.4, 0.5) is 11.4 Å². The van der Waals surface area contributed by atoms with Crippen LogP contribution in [-0.4, -0.2) is 24.4 Å². The van der Waals surface area contributed by atoms with Gasteiger partial charge >= 0.3 is 5.97 Å². The minimum absolute atomic E-state index is 0.162. The molecule has 35 heavy (non-hydrogen) atoms. The molecule has 6 nitrogen and oxygen atoms in total. The van der Waals surface area contributed by atoms with E-state index in [2.05, 4.69) is 5.32 Å². The average Bonchev–Trinajstić information content (AvgIpc) is 3.09. The third-order valence-electron chi connectivity index (χ3n) is 5.24. The maximum Gasteiger partial charge on any atom is 0.338 e. The van der Waals surface area contributed by atoms with Gasteiger partial charge in [0.15, 0.2) is 0 Å². The molecule has 3 aromatic carbocycles. The van der Waals surface area contributed by atoms with Crippen molar-refractivity contribution in [3.05, 3.63) is 99.5 Å². The molecule has 0 unspecified atom stereocenters. The molecule has 0 saturated carbocycles. The number of nitrogens with zero attached hydrogens (tertiary/aromatic N) is 1. The number of halogens is 1. The lowest BCUT2D eigenvalue weighted by atomic mass is 10.2. The van der Waals surface area contributed by atoms with E-state index in [0.29, 0.717) is 28.6 Å². The Morgan fingerprint density at radius 1 is 1.00 bits per heavy atom. The fourth-order valence-electron chi connectivity index (χ4n) is 3.40. The molecule has 0 saturated heterocycles. The van der Waals surface area contributed by atoms with Gasteiger partial charge in [-0.3, -0.25) is 9.59 Å². The fraction of sp³-hybridized carbons (Fsp3) is 0.148. The third-order valence-corrected chi connectivity index (χ3v) is 6.74. The summed E-state index contributed by atoms with van der Waals surface area (Å²) in [6.07, 6.45) is 0.718. The van der Waals surface area contributed by atoms with Crippen molar-refractivity contribution in [2.24, 2.45) is 0 Å². The molecule has 0 spiro atoms. The van der Waals surface area contributed by atoms with E-state index in [-0.39, 0.29) is 10.6 Å². The standard InChI is InChI=1S/C27H23ClN2O4S/c1-3-15-34-27(33)18-10-13-20(14-11-18)30-25(31)23(29-19-12-9-17(2)22(28)16-19)24(26(30)32)35-21-7-5-4-6-8-21/h4-14,16,29H,3,15H2,1-2H3. The maximum atomic E-state index is 13.5. The molecule has 2 amide bonds. The molecule has 4 rings (SSSR count). The lowest BCUT2D eigenvalue weighted by Crippen LogP contribution is -2.32. The van der Waals surface area contributed by atoms with E-state index in [1.54, 1.807) is 36.4 Å². The van der Waals surface area contributed by atoms with Crippen molar-refractivity contribution >= 4 is 52.5 Å². The molecule has 0 bridgehead atoms. The summed E-state index contributed by atoms with van der Waals surface area (Å²) in [5, 5.41) is 3.65. The van der Waals surface area contributed by atoms with Gasteiger partial charge in [0.2, 0.25) is 0 Å². The van der Waals surface area contributed by atoms with E-state index in [1.165, 1.54) is 11.8 Å². The number of carbonyl (C=O) groups is 3. The number of imide groups is 1. The average molecular weight is 507 g/mol. The van der Waals surface area contributed by atoms with E-state index in [1.807, 2.05) is 50.2 Å². The molecule has 3 aromatic rings. The smallest absolute Gasteiger partial charge is 0.338 e. The first-order chi connectivity index (χ1) is 16.9. The molecule has 0 fully saturated rings. The predicted octanol–water partition coefficient (Wildman–Crippen LogP) is 6.20. The molecule has 1 aliphatic rings. The first-order valence-electron chi connectivity index (χ1n) is 11.1. The van der Waals surface area contributed by atoms with Gasteiger partial charge < -0.3 is 10.1 Å². The van der Waals surface area contributed by atoms with Crippen molar-refractivity contribution in [2.75, 3.05) is 16.8 Å². The zero-order valence-electron chi connectivity index (χ0n) is 19.2. The Morgan fingerprint density at radius 2 is 1.71 bits per heavy atom. The monoisotopic (exact) mass is 506 g/mol. The molecule has 8 heteroatoms. The number of esters is 1. The summed E-state index contributed by atoms with van der Waals surface area (Å²) in [6, 6.07) is 20.9. The highest BCUT2D eigenvalue weighted by Gasteiger charge is 2.40. The molecule has 0 radical (unpaired) electrons. The molecule has 1 heterocycles. The normalized spacial score (nSPS) is 13.4. The summed E-state index contributed by atoms with van der Waals surface area (Å²) in [7, 11) is 0. The number of rotatable bonds is 8. The molecule has 1 N–H and O–H groups in total. The summed E-state index contributed by atoms with van der Waals surface area (Å²) in [5.41, 5.74) is 2.37. The Kier molecular flexibility index (Phi) is 7.58. The van der Waals surface area contributed by atoms with Crippen LogP contribution in [0.3, 0.4) is 0 Å². The Labute approximate surface area is 212 Å². The van der Waals surface area contributed by atoms with E-state index in [4.69, 9.17) is 16.3 Å². The summed E-state index contributed by atoms with van der Waals surface area (Å²) in [5.74, 6) is -1.40. The zero-order valence-corrected chi connectivity index (χ0v) is 20.8. The number of hydrogen-bond acceptors (Lipinski definition) is 6. The first kappa shape index (κ1) is 24.6. The molecular formula is C27H23ClN2O4S. The lowest BCUT2D eigenvalue weighted by molar-refractivity contribution is -0.120. The second-order valence-corrected chi connectivity index (χ2v) is 9.33. The highest BCUT2D eigenvalue weighted by atomic mass is 35.5. The van der Waals surface area contributed by atoms with E-state index < -0.39 is 17.8 Å². The Hall–Kier alpha value is -3.55. The summed E-state index contributed by atoms with van der Waals surface area (Å²) in [4.78, 5) is 41.3. The SMILES string of the molecule is CCCOC(=O)c1ccc(N2C(=O)C(Nc3ccc(C)c(Cl)c3)=C(Sc3ccccc3)C2=O)cc1. The van der Waals surface area contributed by atoms with Crippen molar-refractivity contribution in [2.45, 2.75) is 25.2 Å². The number of amides is 2. The van der Waals surface area contributed by atoms with Crippen LogP contribution in [-0.2, 0) is 14.3 Å². The van der Waals surface area contributed by atoms with Gasteiger partial charge in [-0.25, -0.2) is 9.69 Å². The van der Waals surface area contributed by atoms with Crippen molar-refractivity contribution in [3.63, 3.8) is 0 Å². The van der Waals surface area contributed by atoms with Crippen molar-refractivity contribution in [3.8, 4) is 0 Å². The number of aryl methyl sites for hydroxylation is 1. The molecule has 178 valence electrons. The van der Waals surface area contributed by atoms with Gasteiger partial charge in [-0.2, -0.15) is 0 Å². The van der Waals surface area contributed by atoms with Crippen molar-refractivity contribution in [1.29, 1.82) is 0 Å². The van der Waals surface area contributed by atoms with Crippen LogP contribution >= 0.6 is 23.4 Å². The predicted molar refractivity (Wildman–Crippen MR) is 139 cm³/mol. The Balaban J connectivity index is 1.66. The second-order valence-electron chi connectivity index (χ2n) is 7.84. The van der Waals surface area contributed by atoms with Gasteiger partial charge in [0.1, 0.15) is 10.6 Å². The highest BCUT2D eigenvalue weighted by Crippen LogP contribution is 2.38. The van der Waals surface area contributed by atoms with Gasteiger partial charge in [-0.05, 0) is 67.4 Å². The van der Waals surface area contributed by atoms with Gasteiger partial charge in [0, 0.05) is 15.6 Å². The minimum atomic E-state index is -0.494. The van der Waals surface area contributed by atoms with Crippen LogP contribution in [0.1, 0.15) is 29.3 Å². The van der Waals surface area contributed by atoms with E-state index in [9.17, 15) is 14.4 Å². The number of ether oxygens (including phenoxy) is 1. The van der Waals surface area contributed by atoms with Crippen molar-refractivity contribution < 1.29 is 19.1 Å². The number of carbonyl (C=O) groups excluding carboxylic acids is 3.